The van der Waals surface area contributed by atoms with Gasteiger partial charge < -0.3 is 8.92 Å². The first kappa shape index (κ1) is 25.4. The third-order valence-electron chi connectivity index (χ3n) is 4.97. The molecule has 184 valence electrons. The van der Waals surface area contributed by atoms with Crippen LogP contribution in [-0.2, 0) is 19.7 Å². The summed E-state index contributed by atoms with van der Waals surface area (Å²) < 4.78 is 36.5. The van der Waals surface area contributed by atoms with E-state index in [0.717, 1.165) is 9.37 Å². The minimum Gasteiger partial charge on any atom is -0.493 e. The number of nitrogens with one attached hydrogen (secondary N) is 1. The molecule has 0 aliphatic carbocycles. The van der Waals surface area contributed by atoms with Crippen LogP contribution in [0.25, 0.3) is 6.08 Å². The molecule has 0 unspecified atom stereocenters. The third-order valence-corrected chi connectivity index (χ3v) is 7.02. The maximum atomic E-state index is 13.1. The van der Waals surface area contributed by atoms with Gasteiger partial charge in [-0.15, -0.1) is 0 Å². The van der Waals surface area contributed by atoms with Crippen molar-refractivity contribution in [2.75, 3.05) is 12.0 Å². The van der Waals surface area contributed by atoms with E-state index >= 15 is 0 Å². The Kier molecular flexibility index (Phi) is 7.16. The second-order valence-corrected chi connectivity index (χ2v) is 10.2. The molecule has 1 saturated heterocycles. The number of nitrogens with zero attached hydrogens (tertiary/aromatic N) is 1. The SMILES string of the molecule is COc1cc(/C=C2\C(=O)NC(=O)N(c3ccc(Br)cc3)C2=O)cc(Cl)c1OS(=O)(=O)c1ccccc1. The van der Waals surface area contributed by atoms with E-state index in [-0.39, 0.29) is 38.2 Å². The molecule has 12 heteroatoms. The van der Waals surface area contributed by atoms with Crippen molar-refractivity contribution in [2.45, 2.75) is 4.90 Å². The molecule has 36 heavy (non-hydrogen) atoms. The predicted octanol–water partition coefficient (Wildman–Crippen LogP) is 4.55. The number of barbiturate groups is 1. The van der Waals surface area contributed by atoms with Gasteiger partial charge in [0.1, 0.15) is 10.5 Å². The number of amides is 4. The van der Waals surface area contributed by atoms with Gasteiger partial charge in [-0.1, -0.05) is 45.7 Å². The summed E-state index contributed by atoms with van der Waals surface area (Å²) in [6.07, 6.45) is 1.21. The van der Waals surface area contributed by atoms with Crippen molar-refractivity contribution in [3.05, 3.63) is 87.4 Å². The van der Waals surface area contributed by atoms with Crippen LogP contribution in [0.2, 0.25) is 5.02 Å². The van der Waals surface area contributed by atoms with E-state index in [4.69, 9.17) is 20.5 Å². The molecule has 0 saturated carbocycles. The summed E-state index contributed by atoms with van der Waals surface area (Å²) in [5.74, 6) is -2.08. The summed E-state index contributed by atoms with van der Waals surface area (Å²) >= 11 is 9.59. The highest BCUT2D eigenvalue weighted by Crippen LogP contribution is 2.39. The van der Waals surface area contributed by atoms with E-state index in [1.165, 1.54) is 49.6 Å². The molecule has 0 spiro atoms. The lowest BCUT2D eigenvalue weighted by Gasteiger charge is -2.26. The lowest BCUT2D eigenvalue weighted by atomic mass is 10.1. The Bertz CT molecular complexity index is 1510. The van der Waals surface area contributed by atoms with Crippen LogP contribution >= 0.6 is 27.5 Å². The number of methoxy groups -OCH3 is 1. The van der Waals surface area contributed by atoms with Gasteiger partial charge in [0.25, 0.3) is 11.8 Å². The molecular weight excluding hydrogens is 576 g/mol. The fourth-order valence-corrected chi connectivity index (χ4v) is 4.84. The molecule has 1 fully saturated rings. The Morgan fingerprint density at radius 2 is 1.67 bits per heavy atom. The fourth-order valence-electron chi connectivity index (χ4n) is 3.30. The number of ether oxygens (including phenoxy) is 1. The molecule has 0 bridgehead atoms. The zero-order valence-electron chi connectivity index (χ0n) is 18.4. The molecule has 1 N–H and O–H groups in total. The number of hydrogen-bond donors (Lipinski definition) is 1. The molecule has 0 radical (unpaired) electrons. The van der Waals surface area contributed by atoms with Crippen molar-refractivity contribution in [3.63, 3.8) is 0 Å². The molecule has 9 nitrogen and oxygen atoms in total. The normalized spacial score (nSPS) is 15.1. The summed E-state index contributed by atoms with van der Waals surface area (Å²) in [5.41, 5.74) is 0.135. The Hall–Kier alpha value is -3.67. The van der Waals surface area contributed by atoms with E-state index in [1.54, 1.807) is 30.3 Å². The number of carbonyl (C=O) groups excluding carboxylic acids is 3. The van der Waals surface area contributed by atoms with E-state index < -0.39 is 28.0 Å². The molecule has 1 heterocycles. The van der Waals surface area contributed by atoms with Crippen LogP contribution in [0.5, 0.6) is 11.5 Å². The number of halogens is 2. The average molecular weight is 592 g/mol. The van der Waals surface area contributed by atoms with Crippen molar-refractivity contribution in [2.24, 2.45) is 0 Å². The molecular formula is C24H16BrClN2O7S. The van der Waals surface area contributed by atoms with Crippen molar-refractivity contribution >= 4 is 67.3 Å². The van der Waals surface area contributed by atoms with Crippen LogP contribution in [0.4, 0.5) is 10.5 Å². The third kappa shape index (κ3) is 5.13. The maximum absolute atomic E-state index is 13.1. The first-order valence-electron chi connectivity index (χ1n) is 10.1. The van der Waals surface area contributed by atoms with Gasteiger partial charge in [0.2, 0.25) is 5.75 Å². The number of imide groups is 2. The van der Waals surface area contributed by atoms with E-state index in [1.807, 2.05) is 0 Å². The molecule has 4 rings (SSSR count). The predicted molar refractivity (Wildman–Crippen MR) is 135 cm³/mol. The molecule has 4 amide bonds. The minimum absolute atomic E-state index is 0.0571. The summed E-state index contributed by atoms with van der Waals surface area (Å²) in [4.78, 5) is 38.7. The smallest absolute Gasteiger partial charge is 0.339 e. The van der Waals surface area contributed by atoms with E-state index in [9.17, 15) is 22.8 Å². The Labute approximate surface area is 219 Å². The molecule has 0 atom stereocenters. The van der Waals surface area contributed by atoms with Gasteiger partial charge >= 0.3 is 16.1 Å². The van der Waals surface area contributed by atoms with Crippen molar-refractivity contribution < 1.29 is 31.7 Å². The first-order chi connectivity index (χ1) is 17.1. The van der Waals surface area contributed by atoms with Crippen molar-refractivity contribution in [1.29, 1.82) is 0 Å². The van der Waals surface area contributed by atoms with Gasteiger partial charge in [-0.05, 0) is 60.2 Å². The van der Waals surface area contributed by atoms with Gasteiger partial charge in [-0.3, -0.25) is 14.9 Å². The molecule has 0 aromatic heterocycles. The molecule has 3 aromatic rings. The number of carbonyl (C=O) groups is 3. The monoisotopic (exact) mass is 590 g/mol. The van der Waals surface area contributed by atoms with Crippen molar-refractivity contribution in [3.8, 4) is 11.5 Å². The number of urea groups is 1. The quantitative estimate of drug-likeness (QED) is 0.254. The molecule has 1 aliphatic heterocycles. The Morgan fingerprint density at radius 1 is 1.00 bits per heavy atom. The second-order valence-electron chi connectivity index (χ2n) is 7.32. The summed E-state index contributed by atoms with van der Waals surface area (Å²) in [6, 6.07) is 15.6. The van der Waals surface area contributed by atoms with Gasteiger partial charge in [-0.2, -0.15) is 8.42 Å². The maximum Gasteiger partial charge on any atom is 0.339 e. The minimum atomic E-state index is -4.22. The summed E-state index contributed by atoms with van der Waals surface area (Å²) in [7, 11) is -2.94. The lowest BCUT2D eigenvalue weighted by molar-refractivity contribution is -0.122. The zero-order chi connectivity index (χ0) is 26.0. The van der Waals surface area contributed by atoms with Gasteiger partial charge in [0.15, 0.2) is 5.75 Å². The number of rotatable bonds is 6. The van der Waals surface area contributed by atoms with E-state index in [2.05, 4.69) is 21.2 Å². The lowest BCUT2D eigenvalue weighted by Crippen LogP contribution is -2.54. The zero-order valence-corrected chi connectivity index (χ0v) is 21.6. The number of anilines is 1. The highest BCUT2D eigenvalue weighted by Gasteiger charge is 2.37. The van der Waals surface area contributed by atoms with Crippen LogP contribution < -0.4 is 19.1 Å². The van der Waals surface area contributed by atoms with Crippen molar-refractivity contribution in [1.82, 2.24) is 5.32 Å². The van der Waals surface area contributed by atoms with Crippen LogP contribution in [0, 0.1) is 0 Å². The number of benzene rings is 3. The largest absolute Gasteiger partial charge is 0.493 e. The van der Waals surface area contributed by atoms with Crippen LogP contribution in [0.3, 0.4) is 0 Å². The number of hydrogen-bond acceptors (Lipinski definition) is 7. The second kappa shape index (κ2) is 10.1. The van der Waals surface area contributed by atoms with E-state index in [0.29, 0.717) is 0 Å². The highest BCUT2D eigenvalue weighted by molar-refractivity contribution is 9.10. The summed E-state index contributed by atoms with van der Waals surface area (Å²) in [5, 5.41) is 1.98. The fraction of sp³-hybridized carbons (Fsp3) is 0.0417. The van der Waals surface area contributed by atoms with Crippen LogP contribution in [-0.4, -0.2) is 33.4 Å². The first-order valence-corrected chi connectivity index (χ1v) is 12.7. The van der Waals surface area contributed by atoms with Gasteiger partial charge in [-0.25, -0.2) is 9.69 Å². The van der Waals surface area contributed by atoms with Crippen LogP contribution in [0.15, 0.2) is 81.7 Å². The van der Waals surface area contributed by atoms with Gasteiger partial charge in [0, 0.05) is 4.47 Å². The van der Waals surface area contributed by atoms with Crippen LogP contribution in [0.1, 0.15) is 5.56 Å². The Balaban J connectivity index is 1.70. The summed E-state index contributed by atoms with van der Waals surface area (Å²) in [6.45, 7) is 0. The average Bonchev–Trinajstić information content (AvgIpc) is 2.84. The molecule has 1 aliphatic rings. The Morgan fingerprint density at radius 3 is 2.31 bits per heavy atom. The molecule has 3 aromatic carbocycles. The standard InChI is InChI=1S/C24H16BrClN2O7S/c1-34-20-13-14(12-19(26)21(20)35-36(32,33)17-5-3-2-4-6-17)11-18-22(29)27-24(31)28(23(18)30)16-9-7-15(25)8-10-16/h2-13H,1H3,(H,27,29,31)/b18-11+. The highest BCUT2D eigenvalue weighted by atomic mass is 79.9. The van der Waals surface area contributed by atoms with Gasteiger partial charge in [0.05, 0.1) is 17.8 Å². The topological polar surface area (TPSA) is 119 Å².